The molecule has 0 aliphatic heterocycles. The van der Waals surface area contributed by atoms with E-state index in [9.17, 15) is 8.78 Å². The van der Waals surface area contributed by atoms with Gasteiger partial charge in [-0.05, 0) is 12.1 Å². The molecule has 0 aliphatic rings. The minimum Gasteiger partial charge on any atom is -0.307 e. The van der Waals surface area contributed by atoms with Gasteiger partial charge >= 0.3 is 0 Å². The lowest BCUT2D eigenvalue weighted by atomic mass is 10.3. The van der Waals surface area contributed by atoms with Crippen molar-refractivity contribution in [2.45, 2.75) is 0 Å². The van der Waals surface area contributed by atoms with E-state index in [1.807, 2.05) is 6.79 Å². The van der Waals surface area contributed by atoms with E-state index in [2.05, 4.69) is 0 Å². The van der Waals surface area contributed by atoms with Crippen LogP contribution in [0.15, 0.2) is 24.3 Å². The fourth-order valence-electron chi connectivity index (χ4n) is 0.460. The Morgan fingerprint density at radius 3 is 1.70 bits per heavy atom. The van der Waals surface area contributed by atoms with E-state index in [0.29, 0.717) is 0 Å². The van der Waals surface area contributed by atoms with Crippen LogP contribution in [0.2, 0.25) is 0 Å². The fourth-order valence-corrected chi connectivity index (χ4v) is 0.460. The Morgan fingerprint density at radius 2 is 1.50 bits per heavy atom. The second kappa shape index (κ2) is 4.61. The van der Waals surface area contributed by atoms with E-state index in [0.717, 1.165) is 6.07 Å². The van der Waals surface area contributed by atoms with Gasteiger partial charge in [0.25, 0.3) is 0 Å². The van der Waals surface area contributed by atoms with Gasteiger partial charge in [-0.3, -0.25) is 0 Å². The quantitative estimate of drug-likeness (QED) is 0.542. The van der Waals surface area contributed by atoms with Gasteiger partial charge in [-0.2, -0.15) is 0 Å². The molecule has 1 nitrogen and oxygen atoms in total. The molecule has 0 saturated heterocycles. The monoisotopic (exact) mass is 144 g/mol. The zero-order valence-electron chi connectivity index (χ0n) is 5.18. The molecule has 0 spiro atoms. The number of rotatable bonds is 0. The van der Waals surface area contributed by atoms with Crippen molar-refractivity contribution in [1.29, 1.82) is 0 Å². The number of hydrogen-bond donors (Lipinski definition) is 0. The number of hydrogen-bond acceptors (Lipinski definition) is 1. The van der Waals surface area contributed by atoms with Crippen LogP contribution in [-0.2, 0) is 4.79 Å². The molecule has 0 N–H and O–H groups in total. The molecular weight excluding hydrogens is 138 g/mol. The Bertz CT molecular complexity index is 183. The molecule has 0 aromatic heterocycles. The Labute approximate surface area is 57.3 Å². The molecule has 3 heteroatoms. The van der Waals surface area contributed by atoms with Gasteiger partial charge in [-0.15, -0.1) is 0 Å². The second-order valence-electron chi connectivity index (χ2n) is 1.44. The third kappa shape index (κ3) is 2.91. The lowest BCUT2D eigenvalue weighted by molar-refractivity contribution is -0.0979. The summed E-state index contributed by atoms with van der Waals surface area (Å²) in [7, 11) is 0. The molecule has 0 saturated carbocycles. The van der Waals surface area contributed by atoms with Crippen molar-refractivity contribution in [2.24, 2.45) is 0 Å². The molecule has 0 fully saturated rings. The molecule has 0 aliphatic carbocycles. The molecule has 0 heterocycles. The third-order valence-electron chi connectivity index (χ3n) is 0.787. The van der Waals surface area contributed by atoms with Gasteiger partial charge in [0.2, 0.25) is 0 Å². The van der Waals surface area contributed by atoms with Gasteiger partial charge in [0.1, 0.15) is 18.4 Å². The van der Waals surface area contributed by atoms with Gasteiger partial charge < -0.3 is 4.79 Å². The maximum atomic E-state index is 11.9. The van der Waals surface area contributed by atoms with Crippen molar-refractivity contribution in [2.75, 3.05) is 0 Å². The number of carbonyl (C=O) groups excluding carboxylic acids is 1. The van der Waals surface area contributed by atoms with Crippen LogP contribution < -0.4 is 0 Å². The van der Waals surface area contributed by atoms with Crippen molar-refractivity contribution in [3.63, 3.8) is 0 Å². The van der Waals surface area contributed by atoms with Crippen LogP contribution >= 0.6 is 0 Å². The molecular formula is C7H6F2O. The number of halogens is 2. The summed E-state index contributed by atoms with van der Waals surface area (Å²) in [5.41, 5.74) is 0. The lowest BCUT2D eigenvalue weighted by Crippen LogP contribution is -1.73. The first-order valence-corrected chi connectivity index (χ1v) is 2.49. The molecule has 1 rings (SSSR count). The molecule has 0 atom stereocenters. The summed E-state index contributed by atoms with van der Waals surface area (Å²) >= 11 is 0. The predicted molar refractivity (Wildman–Crippen MR) is 33.5 cm³/mol. The highest BCUT2D eigenvalue weighted by Gasteiger charge is 1.88. The smallest absolute Gasteiger partial charge is 0.126 e. The molecule has 0 radical (unpaired) electrons. The summed E-state index contributed by atoms with van der Waals surface area (Å²) in [5.74, 6) is -1.07. The van der Waals surface area contributed by atoms with E-state index in [1.54, 1.807) is 0 Å². The first-order valence-electron chi connectivity index (χ1n) is 2.49. The van der Waals surface area contributed by atoms with Gasteiger partial charge in [-0.25, -0.2) is 8.78 Å². The van der Waals surface area contributed by atoms with Crippen LogP contribution in [0.1, 0.15) is 0 Å². The van der Waals surface area contributed by atoms with Crippen LogP contribution in [0.5, 0.6) is 0 Å². The van der Waals surface area contributed by atoms with Crippen LogP contribution in [0.4, 0.5) is 8.78 Å². The van der Waals surface area contributed by atoms with Gasteiger partial charge in [0.15, 0.2) is 0 Å². The van der Waals surface area contributed by atoms with E-state index in [-0.39, 0.29) is 0 Å². The van der Waals surface area contributed by atoms with Crippen LogP contribution in [0.25, 0.3) is 0 Å². The van der Waals surface area contributed by atoms with Crippen molar-refractivity contribution in [1.82, 2.24) is 0 Å². The zero-order chi connectivity index (χ0) is 7.98. The zero-order valence-corrected chi connectivity index (χ0v) is 5.18. The topological polar surface area (TPSA) is 17.1 Å². The highest BCUT2D eigenvalue weighted by Crippen LogP contribution is 1.99. The minimum absolute atomic E-state index is 0.537. The van der Waals surface area contributed by atoms with Gasteiger partial charge in [0, 0.05) is 6.07 Å². The van der Waals surface area contributed by atoms with E-state index in [4.69, 9.17) is 4.79 Å². The van der Waals surface area contributed by atoms with Crippen LogP contribution in [-0.4, -0.2) is 6.79 Å². The Hall–Kier alpha value is -1.25. The molecule has 10 heavy (non-hydrogen) atoms. The highest BCUT2D eigenvalue weighted by atomic mass is 19.1. The van der Waals surface area contributed by atoms with E-state index >= 15 is 0 Å². The fraction of sp³-hybridized carbons (Fsp3) is 0. The van der Waals surface area contributed by atoms with Gasteiger partial charge in [0.05, 0.1) is 0 Å². The summed E-state index contributed by atoms with van der Waals surface area (Å²) in [6.07, 6.45) is 0. The maximum Gasteiger partial charge on any atom is 0.126 e. The largest absolute Gasteiger partial charge is 0.307 e. The lowest BCUT2D eigenvalue weighted by Gasteiger charge is -1.84. The normalized spacial score (nSPS) is 7.80. The maximum absolute atomic E-state index is 11.9. The Kier molecular flexibility index (Phi) is 4.04. The van der Waals surface area contributed by atoms with E-state index in [1.165, 1.54) is 18.2 Å². The average molecular weight is 144 g/mol. The van der Waals surface area contributed by atoms with Crippen LogP contribution in [0, 0.1) is 11.6 Å². The summed E-state index contributed by atoms with van der Waals surface area (Å²) in [4.78, 5) is 8.00. The minimum atomic E-state index is -0.537. The molecule has 0 amide bonds. The number of carbonyl (C=O) groups is 1. The molecule has 0 bridgehead atoms. The van der Waals surface area contributed by atoms with Crippen molar-refractivity contribution in [3.05, 3.63) is 35.9 Å². The van der Waals surface area contributed by atoms with Gasteiger partial charge in [-0.1, -0.05) is 6.07 Å². The second-order valence-corrected chi connectivity index (χ2v) is 1.44. The molecule has 54 valence electrons. The van der Waals surface area contributed by atoms with Crippen molar-refractivity contribution >= 4 is 6.79 Å². The third-order valence-corrected chi connectivity index (χ3v) is 0.787. The Morgan fingerprint density at radius 1 is 1.10 bits per heavy atom. The number of benzene rings is 1. The Balaban J connectivity index is 0.000000371. The van der Waals surface area contributed by atoms with Crippen LogP contribution in [0.3, 0.4) is 0 Å². The average Bonchev–Trinajstić information content (AvgIpc) is 1.91. The summed E-state index contributed by atoms with van der Waals surface area (Å²) < 4.78 is 23.9. The standard InChI is InChI=1S/C6H4F2.CH2O/c7-5-2-1-3-6(8)4-5;1-2/h1-4H;1H2. The molecule has 1 aromatic carbocycles. The predicted octanol–water partition coefficient (Wildman–Crippen LogP) is 1.78. The molecule has 1 aromatic rings. The first kappa shape index (κ1) is 8.75. The highest BCUT2D eigenvalue weighted by molar-refractivity contribution is 5.11. The molecule has 0 unspecified atom stereocenters. The summed E-state index contributed by atoms with van der Waals surface area (Å²) in [6.45, 7) is 2.00. The van der Waals surface area contributed by atoms with Crippen molar-refractivity contribution in [3.8, 4) is 0 Å². The summed E-state index contributed by atoms with van der Waals surface area (Å²) in [5, 5.41) is 0. The summed E-state index contributed by atoms with van der Waals surface area (Å²) in [6, 6.07) is 4.55. The van der Waals surface area contributed by atoms with E-state index < -0.39 is 11.6 Å². The SMILES string of the molecule is C=O.Fc1cccc(F)c1. The first-order chi connectivity index (χ1) is 4.79. The van der Waals surface area contributed by atoms with Crippen molar-refractivity contribution < 1.29 is 13.6 Å².